The van der Waals surface area contributed by atoms with E-state index >= 15 is 0 Å². The second-order valence-electron chi connectivity index (χ2n) is 5.52. The summed E-state index contributed by atoms with van der Waals surface area (Å²) in [6.07, 6.45) is 0.818. The summed E-state index contributed by atoms with van der Waals surface area (Å²) in [5.41, 5.74) is 2.32. The van der Waals surface area contributed by atoms with Crippen LogP contribution in [0.25, 0.3) is 0 Å². The smallest absolute Gasteiger partial charge is 0.259 e. The Balaban J connectivity index is 1.90. The van der Waals surface area contributed by atoms with Crippen LogP contribution in [0.15, 0.2) is 48.5 Å². The summed E-state index contributed by atoms with van der Waals surface area (Å²) in [5.74, 6) is 0.437. The van der Waals surface area contributed by atoms with Gasteiger partial charge >= 0.3 is 0 Å². The Morgan fingerprint density at radius 2 is 1.96 bits per heavy atom. The lowest BCUT2D eigenvalue weighted by molar-refractivity contribution is 0.0754. The van der Waals surface area contributed by atoms with Crippen LogP contribution in [0.5, 0.6) is 5.75 Å². The molecule has 0 spiro atoms. The number of hydrogen-bond acceptors (Lipinski definition) is 3. The fraction of sp³-hybridized carbons (Fsp3) is 0.263. The number of nitrogens with zero attached hydrogens (tertiary/aromatic N) is 2. The minimum atomic E-state index is -0.516. The number of amides is 1. The molecule has 2 aromatic rings. The fourth-order valence-electron chi connectivity index (χ4n) is 2.90. The summed E-state index contributed by atoms with van der Waals surface area (Å²) in [6.45, 7) is 2.97. The van der Waals surface area contributed by atoms with E-state index in [0.717, 1.165) is 17.5 Å². The first-order chi connectivity index (χ1) is 11.3. The third-order valence-electron chi connectivity index (χ3n) is 3.96. The largest absolute Gasteiger partial charge is 0.488 e. The maximum atomic E-state index is 12.7. The van der Waals surface area contributed by atoms with Crippen molar-refractivity contribution in [3.8, 4) is 11.8 Å². The van der Waals surface area contributed by atoms with Crippen LogP contribution in [0.1, 0.15) is 40.9 Å². The van der Waals surface area contributed by atoms with Crippen molar-refractivity contribution in [2.24, 2.45) is 0 Å². The molecule has 23 heavy (non-hydrogen) atoms. The summed E-state index contributed by atoms with van der Waals surface area (Å²) in [5, 5.41) is 9.44. The van der Waals surface area contributed by atoms with Crippen LogP contribution in [0.2, 0.25) is 0 Å². The van der Waals surface area contributed by atoms with E-state index in [2.05, 4.69) is 6.07 Å². The Kier molecular flexibility index (Phi) is 4.29. The predicted octanol–water partition coefficient (Wildman–Crippen LogP) is 3.70. The number of carbonyl (C=O) groups excluding carboxylic acids is 1. The summed E-state index contributed by atoms with van der Waals surface area (Å²) < 4.78 is 5.87. The molecule has 0 N–H and O–H groups in total. The van der Waals surface area contributed by atoms with Gasteiger partial charge in [0.15, 0.2) is 0 Å². The molecular weight excluding hydrogens is 288 g/mol. The number of rotatable bonds is 5. The first kappa shape index (κ1) is 15.1. The van der Waals surface area contributed by atoms with Gasteiger partial charge in [0.25, 0.3) is 5.91 Å². The van der Waals surface area contributed by atoms with Crippen molar-refractivity contribution >= 4 is 5.91 Å². The van der Waals surface area contributed by atoms with Crippen LogP contribution >= 0.6 is 0 Å². The molecular formula is C19H18N2O2. The number of carbonyl (C=O) groups is 1. The Morgan fingerprint density at radius 1 is 1.17 bits per heavy atom. The zero-order chi connectivity index (χ0) is 16.2. The summed E-state index contributed by atoms with van der Waals surface area (Å²) in [7, 11) is 0. The van der Waals surface area contributed by atoms with Gasteiger partial charge in [-0.2, -0.15) is 5.26 Å². The van der Waals surface area contributed by atoms with Crippen molar-refractivity contribution in [2.45, 2.75) is 26.0 Å². The molecule has 3 rings (SSSR count). The standard InChI is InChI=1S/C19H18N2O2/c1-2-11-21-16(12-20)15-9-6-10-17(18(15)19(21)22)23-13-14-7-4-3-5-8-14/h3-10,16H,2,11,13H2,1H3. The number of nitriles is 1. The second kappa shape index (κ2) is 6.53. The van der Waals surface area contributed by atoms with E-state index in [9.17, 15) is 10.1 Å². The Bertz CT molecular complexity index is 750. The Hall–Kier alpha value is -2.80. The topological polar surface area (TPSA) is 53.3 Å². The molecule has 0 aromatic heterocycles. The van der Waals surface area contributed by atoms with E-state index in [-0.39, 0.29) is 5.91 Å². The van der Waals surface area contributed by atoms with E-state index in [1.54, 1.807) is 11.0 Å². The minimum Gasteiger partial charge on any atom is -0.488 e. The van der Waals surface area contributed by atoms with E-state index in [0.29, 0.717) is 24.5 Å². The Labute approximate surface area is 135 Å². The maximum Gasteiger partial charge on any atom is 0.259 e. The zero-order valence-electron chi connectivity index (χ0n) is 13.0. The van der Waals surface area contributed by atoms with Gasteiger partial charge in [-0.3, -0.25) is 4.79 Å². The average molecular weight is 306 g/mol. The summed E-state index contributed by atoms with van der Waals surface area (Å²) in [6, 6.07) is 17.0. The summed E-state index contributed by atoms with van der Waals surface area (Å²) in [4.78, 5) is 14.3. The second-order valence-corrected chi connectivity index (χ2v) is 5.52. The molecule has 0 fully saturated rings. The van der Waals surface area contributed by atoms with Crippen LogP contribution in [0, 0.1) is 11.3 Å². The van der Waals surface area contributed by atoms with E-state index in [1.165, 1.54) is 0 Å². The van der Waals surface area contributed by atoms with E-state index in [1.807, 2.05) is 49.4 Å². The monoisotopic (exact) mass is 306 g/mol. The zero-order valence-corrected chi connectivity index (χ0v) is 13.0. The lowest BCUT2D eigenvalue weighted by atomic mass is 10.0. The Morgan fingerprint density at radius 3 is 2.65 bits per heavy atom. The number of fused-ring (bicyclic) bond motifs is 1. The fourth-order valence-corrected chi connectivity index (χ4v) is 2.90. The van der Waals surface area contributed by atoms with Gasteiger partial charge in [-0.1, -0.05) is 49.4 Å². The van der Waals surface area contributed by atoms with Crippen molar-refractivity contribution < 1.29 is 9.53 Å². The lowest BCUT2D eigenvalue weighted by Gasteiger charge is -2.18. The average Bonchev–Trinajstić information content (AvgIpc) is 2.87. The molecule has 0 radical (unpaired) electrons. The van der Waals surface area contributed by atoms with Gasteiger partial charge in [-0.05, 0) is 18.1 Å². The normalized spacial score (nSPS) is 16.1. The van der Waals surface area contributed by atoms with Crippen LogP contribution in [-0.2, 0) is 6.61 Å². The molecule has 2 aromatic carbocycles. The molecule has 0 bridgehead atoms. The van der Waals surface area contributed by atoms with Crippen molar-refractivity contribution in [3.63, 3.8) is 0 Å². The molecule has 1 aliphatic heterocycles. The van der Waals surface area contributed by atoms with Gasteiger partial charge in [0.2, 0.25) is 0 Å². The third kappa shape index (κ3) is 2.78. The quantitative estimate of drug-likeness (QED) is 0.846. The van der Waals surface area contributed by atoms with Crippen LogP contribution in [0.3, 0.4) is 0 Å². The molecule has 116 valence electrons. The predicted molar refractivity (Wildman–Crippen MR) is 86.9 cm³/mol. The molecule has 4 heteroatoms. The van der Waals surface area contributed by atoms with Crippen LogP contribution in [0.4, 0.5) is 0 Å². The highest BCUT2D eigenvalue weighted by Crippen LogP contribution is 2.38. The van der Waals surface area contributed by atoms with Crippen molar-refractivity contribution in [1.29, 1.82) is 5.26 Å². The first-order valence-corrected chi connectivity index (χ1v) is 7.76. The highest BCUT2D eigenvalue weighted by atomic mass is 16.5. The molecule has 0 saturated carbocycles. The maximum absolute atomic E-state index is 12.7. The molecule has 1 atom stereocenters. The first-order valence-electron chi connectivity index (χ1n) is 7.76. The van der Waals surface area contributed by atoms with Gasteiger partial charge in [0.05, 0.1) is 11.6 Å². The van der Waals surface area contributed by atoms with Gasteiger partial charge in [0, 0.05) is 12.1 Å². The molecule has 0 saturated heterocycles. The van der Waals surface area contributed by atoms with Gasteiger partial charge in [0.1, 0.15) is 18.4 Å². The molecule has 1 unspecified atom stereocenters. The number of hydrogen-bond donors (Lipinski definition) is 0. The number of benzene rings is 2. The lowest BCUT2D eigenvalue weighted by Crippen LogP contribution is -2.28. The molecule has 0 aliphatic carbocycles. The summed E-state index contributed by atoms with van der Waals surface area (Å²) >= 11 is 0. The molecule has 1 aliphatic rings. The highest BCUT2D eigenvalue weighted by Gasteiger charge is 2.38. The van der Waals surface area contributed by atoms with Crippen LogP contribution < -0.4 is 4.74 Å². The van der Waals surface area contributed by atoms with Gasteiger partial charge in [-0.25, -0.2) is 0 Å². The van der Waals surface area contributed by atoms with Gasteiger partial charge < -0.3 is 9.64 Å². The molecule has 4 nitrogen and oxygen atoms in total. The van der Waals surface area contributed by atoms with Crippen molar-refractivity contribution in [1.82, 2.24) is 4.90 Å². The number of ether oxygens (including phenoxy) is 1. The molecule has 1 amide bonds. The van der Waals surface area contributed by atoms with E-state index in [4.69, 9.17) is 4.74 Å². The third-order valence-corrected chi connectivity index (χ3v) is 3.96. The van der Waals surface area contributed by atoms with Crippen molar-refractivity contribution in [2.75, 3.05) is 6.54 Å². The SMILES string of the molecule is CCCN1C(=O)c2c(OCc3ccccc3)cccc2C1C#N. The highest BCUT2D eigenvalue weighted by molar-refractivity contribution is 6.02. The van der Waals surface area contributed by atoms with E-state index < -0.39 is 6.04 Å². The van der Waals surface area contributed by atoms with Crippen LogP contribution in [-0.4, -0.2) is 17.4 Å². The van der Waals surface area contributed by atoms with Crippen molar-refractivity contribution in [3.05, 3.63) is 65.2 Å². The van der Waals surface area contributed by atoms with Gasteiger partial charge in [-0.15, -0.1) is 0 Å². The minimum absolute atomic E-state index is 0.114. The molecule has 1 heterocycles.